The molecule has 0 atom stereocenters. The second kappa shape index (κ2) is 10.5. The van der Waals surface area contributed by atoms with E-state index in [1.807, 2.05) is 30.3 Å². The number of urea groups is 1. The zero-order valence-corrected chi connectivity index (χ0v) is 19.4. The topological polar surface area (TPSA) is 128 Å². The van der Waals surface area contributed by atoms with Gasteiger partial charge in [-0.15, -0.1) is 4.47 Å². The number of nitrogens with zero attached hydrogens (tertiary/aromatic N) is 5. The van der Waals surface area contributed by atoms with E-state index in [1.54, 1.807) is 42.4 Å². The van der Waals surface area contributed by atoms with Gasteiger partial charge in [0.1, 0.15) is 0 Å². The van der Waals surface area contributed by atoms with Crippen LogP contribution in [0.1, 0.15) is 10.4 Å². The molecule has 0 unspecified atom stereocenters. The molecule has 1 aliphatic rings. The molecular formula is C23H25N7O3S. The Labute approximate surface area is 201 Å². The van der Waals surface area contributed by atoms with Crippen molar-refractivity contribution in [2.45, 2.75) is 4.90 Å². The van der Waals surface area contributed by atoms with Crippen LogP contribution < -0.4 is 11.1 Å². The summed E-state index contributed by atoms with van der Waals surface area (Å²) in [5.74, 6) is 0.357. The van der Waals surface area contributed by atoms with Crippen LogP contribution in [0.5, 0.6) is 0 Å². The van der Waals surface area contributed by atoms with Crippen molar-refractivity contribution in [3.63, 3.8) is 0 Å². The highest BCUT2D eigenvalue weighted by Crippen LogP contribution is 2.25. The Morgan fingerprint density at radius 1 is 1.00 bits per heavy atom. The van der Waals surface area contributed by atoms with E-state index >= 15 is 0 Å². The lowest BCUT2D eigenvalue weighted by Crippen LogP contribution is -2.52. The summed E-state index contributed by atoms with van der Waals surface area (Å²) >= 11 is 1.22. The van der Waals surface area contributed by atoms with Gasteiger partial charge in [-0.2, -0.15) is 0 Å². The van der Waals surface area contributed by atoms with Crippen LogP contribution in [0.2, 0.25) is 0 Å². The van der Waals surface area contributed by atoms with Crippen LogP contribution in [0.25, 0.3) is 11.3 Å². The van der Waals surface area contributed by atoms with Gasteiger partial charge in [0, 0.05) is 61.1 Å². The summed E-state index contributed by atoms with van der Waals surface area (Å²) in [5, 5.41) is 12.5. The SMILES string of the molecule is CN(O)Sc1ccc(-c2ccnc(Nc3ccc(C(=O)N4CCN(C(N)=O)CC4)cc3)n2)cc1. The van der Waals surface area contributed by atoms with Gasteiger partial charge in [0.2, 0.25) is 5.95 Å². The zero-order chi connectivity index (χ0) is 24.1. The molecule has 11 heteroatoms. The normalized spacial score (nSPS) is 13.7. The third-order valence-electron chi connectivity index (χ3n) is 5.31. The first-order chi connectivity index (χ1) is 16.4. The molecule has 4 N–H and O–H groups in total. The Balaban J connectivity index is 1.39. The molecule has 2 heterocycles. The number of amides is 3. The highest BCUT2D eigenvalue weighted by molar-refractivity contribution is 7.96. The number of hydrogen-bond donors (Lipinski definition) is 3. The summed E-state index contributed by atoms with van der Waals surface area (Å²) in [4.78, 5) is 37.0. The fraction of sp³-hybridized carbons (Fsp3) is 0.217. The van der Waals surface area contributed by atoms with E-state index in [2.05, 4.69) is 15.3 Å². The highest BCUT2D eigenvalue weighted by Gasteiger charge is 2.23. The molecule has 2 aromatic carbocycles. The minimum atomic E-state index is -0.459. The molecule has 1 fully saturated rings. The van der Waals surface area contributed by atoms with E-state index in [0.29, 0.717) is 37.7 Å². The lowest BCUT2D eigenvalue weighted by Gasteiger charge is -2.33. The molecule has 176 valence electrons. The second-order valence-electron chi connectivity index (χ2n) is 7.67. The molecule has 1 aromatic heterocycles. The van der Waals surface area contributed by atoms with E-state index in [9.17, 15) is 14.8 Å². The van der Waals surface area contributed by atoms with Gasteiger partial charge < -0.3 is 26.1 Å². The van der Waals surface area contributed by atoms with Crippen molar-refractivity contribution >= 4 is 35.5 Å². The van der Waals surface area contributed by atoms with Gasteiger partial charge in [-0.25, -0.2) is 14.8 Å². The largest absolute Gasteiger partial charge is 0.351 e. The fourth-order valence-corrected chi connectivity index (χ4v) is 4.12. The molecule has 0 aliphatic carbocycles. The Hall–Kier alpha value is -3.67. The number of rotatable bonds is 6. The van der Waals surface area contributed by atoms with Crippen molar-refractivity contribution in [3.05, 3.63) is 66.4 Å². The number of hydroxylamine groups is 1. The van der Waals surface area contributed by atoms with Crippen LogP contribution in [-0.4, -0.2) is 74.6 Å². The van der Waals surface area contributed by atoms with Gasteiger partial charge in [0.05, 0.1) is 5.69 Å². The average molecular weight is 480 g/mol. The molecule has 4 rings (SSSR count). The van der Waals surface area contributed by atoms with Crippen LogP contribution >= 0.6 is 11.9 Å². The number of nitrogens with two attached hydrogens (primary N) is 1. The number of primary amides is 1. The number of hydrogen-bond acceptors (Lipinski definition) is 8. The summed E-state index contributed by atoms with van der Waals surface area (Å²) in [5.41, 5.74) is 8.30. The first-order valence-corrected chi connectivity index (χ1v) is 11.4. The molecule has 0 saturated carbocycles. The van der Waals surface area contributed by atoms with Crippen LogP contribution in [0.4, 0.5) is 16.4 Å². The molecule has 3 amide bonds. The second-order valence-corrected chi connectivity index (χ2v) is 8.85. The molecule has 34 heavy (non-hydrogen) atoms. The van der Waals surface area contributed by atoms with E-state index in [1.165, 1.54) is 16.8 Å². The summed E-state index contributed by atoms with van der Waals surface area (Å²) in [6.07, 6.45) is 1.68. The lowest BCUT2D eigenvalue weighted by molar-refractivity contribution is 0.0454. The van der Waals surface area contributed by atoms with E-state index < -0.39 is 6.03 Å². The van der Waals surface area contributed by atoms with Gasteiger partial charge in [-0.3, -0.25) is 4.79 Å². The predicted molar refractivity (Wildman–Crippen MR) is 130 cm³/mol. The highest BCUT2D eigenvalue weighted by atomic mass is 32.2. The summed E-state index contributed by atoms with van der Waals surface area (Å²) < 4.78 is 1.05. The number of nitrogens with one attached hydrogen (secondary N) is 1. The van der Waals surface area contributed by atoms with Crippen LogP contribution in [0.3, 0.4) is 0 Å². The van der Waals surface area contributed by atoms with Crippen molar-refractivity contribution in [1.82, 2.24) is 24.2 Å². The third kappa shape index (κ3) is 5.81. The summed E-state index contributed by atoms with van der Waals surface area (Å²) in [6, 6.07) is 16.2. The van der Waals surface area contributed by atoms with Crippen molar-refractivity contribution in [3.8, 4) is 11.3 Å². The van der Waals surface area contributed by atoms with E-state index in [4.69, 9.17) is 5.73 Å². The minimum absolute atomic E-state index is 0.0806. The minimum Gasteiger partial charge on any atom is -0.351 e. The standard InChI is InChI=1S/C23H25N7O3S/c1-28(33)34-19-8-4-16(5-9-19)20-10-11-25-23(27-20)26-18-6-2-17(3-7-18)21(31)29-12-14-30(15-13-29)22(24)32/h2-11,33H,12-15H2,1H3,(H2,24,32)(H,25,26,27). The first-order valence-electron chi connectivity index (χ1n) is 10.6. The van der Waals surface area contributed by atoms with Crippen molar-refractivity contribution in [1.29, 1.82) is 0 Å². The Morgan fingerprint density at radius 2 is 1.65 bits per heavy atom. The maximum atomic E-state index is 12.8. The van der Waals surface area contributed by atoms with Gasteiger partial charge in [-0.05, 0) is 54.4 Å². The van der Waals surface area contributed by atoms with Gasteiger partial charge in [0.25, 0.3) is 5.91 Å². The van der Waals surface area contributed by atoms with Crippen molar-refractivity contribution in [2.24, 2.45) is 5.73 Å². The van der Waals surface area contributed by atoms with Crippen molar-refractivity contribution in [2.75, 3.05) is 38.5 Å². The van der Waals surface area contributed by atoms with Crippen molar-refractivity contribution < 1.29 is 14.8 Å². The van der Waals surface area contributed by atoms with Gasteiger partial charge in [0.15, 0.2) is 0 Å². The molecule has 0 spiro atoms. The Morgan fingerprint density at radius 3 is 2.26 bits per heavy atom. The lowest BCUT2D eigenvalue weighted by atomic mass is 10.1. The zero-order valence-electron chi connectivity index (χ0n) is 18.6. The summed E-state index contributed by atoms with van der Waals surface area (Å²) in [6.45, 7) is 1.79. The molecule has 1 saturated heterocycles. The molecular weight excluding hydrogens is 454 g/mol. The molecule has 3 aromatic rings. The predicted octanol–water partition coefficient (Wildman–Crippen LogP) is 3.05. The first kappa shape index (κ1) is 23.5. The smallest absolute Gasteiger partial charge is 0.314 e. The molecule has 0 bridgehead atoms. The van der Waals surface area contributed by atoms with Crippen LogP contribution in [0.15, 0.2) is 65.7 Å². The number of benzene rings is 2. The Bertz CT molecular complexity index is 1150. The summed E-state index contributed by atoms with van der Waals surface area (Å²) in [7, 11) is 1.57. The van der Waals surface area contributed by atoms with E-state index in [-0.39, 0.29) is 5.91 Å². The molecule has 1 aliphatic heterocycles. The maximum absolute atomic E-state index is 12.8. The number of carbonyl (C=O) groups is 2. The van der Waals surface area contributed by atoms with E-state index in [0.717, 1.165) is 26.3 Å². The van der Waals surface area contributed by atoms with Gasteiger partial charge >= 0.3 is 6.03 Å². The number of piperazine rings is 1. The fourth-order valence-electron chi connectivity index (χ4n) is 3.56. The number of anilines is 2. The Kier molecular flexibility index (Phi) is 7.26. The van der Waals surface area contributed by atoms with Gasteiger partial charge in [-0.1, -0.05) is 12.1 Å². The monoisotopic (exact) mass is 479 g/mol. The quantitative estimate of drug-likeness (QED) is 0.364. The van der Waals surface area contributed by atoms with Crippen LogP contribution in [-0.2, 0) is 0 Å². The molecule has 10 nitrogen and oxygen atoms in total. The number of carbonyl (C=O) groups excluding carboxylic acids is 2. The number of aromatic nitrogens is 2. The van der Waals surface area contributed by atoms with Crippen LogP contribution in [0, 0.1) is 0 Å². The maximum Gasteiger partial charge on any atom is 0.314 e. The molecule has 0 radical (unpaired) electrons. The average Bonchev–Trinajstić information content (AvgIpc) is 2.84. The third-order valence-corrected chi connectivity index (χ3v) is 6.06.